The summed E-state index contributed by atoms with van der Waals surface area (Å²) in [5.41, 5.74) is -0.311. The molecule has 0 fully saturated rings. The molecule has 0 aliphatic heterocycles. The predicted octanol–water partition coefficient (Wildman–Crippen LogP) is 1.62. The number of aromatic hydroxyl groups is 1. The molecule has 0 bridgehead atoms. The van der Waals surface area contributed by atoms with Crippen molar-refractivity contribution >= 4 is 12.6 Å². The van der Waals surface area contributed by atoms with Gasteiger partial charge in [-0.25, -0.2) is 0 Å². The maximum atomic E-state index is 11.9. The molecule has 80 valence electrons. The van der Waals surface area contributed by atoms with Gasteiger partial charge in [0.1, 0.15) is 6.29 Å². The van der Waals surface area contributed by atoms with Crippen LogP contribution in [0, 0.1) is 0 Å². The highest BCUT2D eigenvalue weighted by molar-refractivity contribution is 5.86. The number of hydrogen-bond donors (Lipinski definition) is 1. The average Bonchev–Trinajstić information content (AvgIpc) is 2.20. The molecule has 0 saturated carbocycles. The van der Waals surface area contributed by atoms with Crippen molar-refractivity contribution in [2.24, 2.45) is 0 Å². The minimum absolute atomic E-state index is 0.00350. The highest BCUT2D eigenvalue weighted by Gasteiger charge is 2.15. The summed E-state index contributed by atoms with van der Waals surface area (Å²) in [5, 5.41) is 9.21. The summed E-state index contributed by atoms with van der Waals surface area (Å²) in [6, 6.07) is 1.97. The lowest BCUT2D eigenvalue weighted by atomic mass is 10.1. The first-order valence-electron chi connectivity index (χ1n) is 3.80. The monoisotopic (exact) mass is 216 g/mol. The Morgan fingerprint density at radius 3 is 2.40 bits per heavy atom. The quantitative estimate of drug-likeness (QED) is 0.776. The fourth-order valence-electron chi connectivity index (χ4n) is 1.03. The Labute approximate surface area is 83.1 Å². The summed E-state index contributed by atoms with van der Waals surface area (Å²) in [6.45, 7) is -3.16. The van der Waals surface area contributed by atoms with Crippen molar-refractivity contribution in [3.63, 3.8) is 0 Å². The lowest BCUT2D eigenvalue weighted by Crippen LogP contribution is -2.05. The lowest BCUT2D eigenvalue weighted by molar-refractivity contribution is -0.0514. The van der Waals surface area contributed by atoms with Crippen molar-refractivity contribution in [2.45, 2.75) is 6.61 Å². The van der Waals surface area contributed by atoms with Crippen LogP contribution in [0.5, 0.6) is 11.5 Å². The second-order valence-electron chi connectivity index (χ2n) is 2.57. The number of alkyl halides is 2. The minimum atomic E-state index is -3.16. The van der Waals surface area contributed by atoms with Gasteiger partial charge in [0.15, 0.2) is 17.8 Å². The van der Waals surface area contributed by atoms with E-state index in [1.807, 2.05) is 0 Å². The van der Waals surface area contributed by atoms with Crippen LogP contribution in [0.1, 0.15) is 20.7 Å². The number of benzene rings is 1. The Balaban J connectivity index is 3.24. The smallest absolute Gasteiger partial charge is 0.387 e. The fraction of sp³-hybridized carbons (Fsp3) is 0.111. The van der Waals surface area contributed by atoms with Gasteiger partial charge in [-0.3, -0.25) is 9.59 Å². The molecule has 0 heterocycles. The molecule has 0 aliphatic rings. The molecule has 0 aromatic heterocycles. The first-order chi connectivity index (χ1) is 7.08. The third-order valence-corrected chi connectivity index (χ3v) is 1.59. The first kappa shape index (κ1) is 11.1. The molecule has 6 heteroatoms. The summed E-state index contributed by atoms with van der Waals surface area (Å²) in [5.74, 6) is -1.31. The van der Waals surface area contributed by atoms with E-state index in [0.29, 0.717) is 6.29 Å². The summed E-state index contributed by atoms with van der Waals surface area (Å²) < 4.78 is 27.7. The van der Waals surface area contributed by atoms with E-state index in [2.05, 4.69) is 4.74 Å². The third-order valence-electron chi connectivity index (χ3n) is 1.59. The van der Waals surface area contributed by atoms with Gasteiger partial charge in [0.05, 0.1) is 5.56 Å². The zero-order chi connectivity index (χ0) is 11.4. The largest absolute Gasteiger partial charge is 0.504 e. The van der Waals surface area contributed by atoms with Crippen molar-refractivity contribution in [2.75, 3.05) is 0 Å². The van der Waals surface area contributed by atoms with Gasteiger partial charge in [0.2, 0.25) is 0 Å². The Morgan fingerprint density at radius 1 is 1.27 bits per heavy atom. The van der Waals surface area contributed by atoms with E-state index in [9.17, 15) is 23.5 Å². The highest BCUT2D eigenvalue weighted by Crippen LogP contribution is 2.31. The highest BCUT2D eigenvalue weighted by atomic mass is 19.3. The van der Waals surface area contributed by atoms with Crippen LogP contribution in [0.25, 0.3) is 0 Å². The molecule has 0 radical (unpaired) electrons. The zero-order valence-electron chi connectivity index (χ0n) is 7.31. The molecule has 1 rings (SSSR count). The van der Waals surface area contributed by atoms with Crippen LogP contribution < -0.4 is 4.74 Å². The molecule has 15 heavy (non-hydrogen) atoms. The van der Waals surface area contributed by atoms with E-state index in [-0.39, 0.29) is 17.4 Å². The second-order valence-corrected chi connectivity index (χ2v) is 2.57. The van der Waals surface area contributed by atoms with E-state index >= 15 is 0 Å². The topological polar surface area (TPSA) is 63.6 Å². The predicted molar refractivity (Wildman–Crippen MR) is 45.5 cm³/mol. The van der Waals surface area contributed by atoms with Crippen molar-refractivity contribution in [3.05, 3.63) is 23.3 Å². The molecule has 1 aromatic rings. The Hall–Kier alpha value is -1.98. The number of carbonyl (C=O) groups excluding carboxylic acids is 2. The maximum Gasteiger partial charge on any atom is 0.387 e. The molecule has 0 aliphatic carbocycles. The number of hydrogen-bond acceptors (Lipinski definition) is 4. The number of phenolic OH excluding ortho intramolecular Hbond substituents is 1. The molecule has 0 unspecified atom stereocenters. The second kappa shape index (κ2) is 4.50. The first-order valence-corrected chi connectivity index (χ1v) is 3.80. The van der Waals surface area contributed by atoms with Crippen molar-refractivity contribution in [1.82, 2.24) is 0 Å². The summed E-state index contributed by atoms with van der Waals surface area (Å²) in [4.78, 5) is 20.8. The van der Waals surface area contributed by atoms with Gasteiger partial charge in [0.25, 0.3) is 0 Å². The SMILES string of the molecule is O=Cc1cc(O)c(OC(F)F)c(C=O)c1. The molecule has 0 amide bonds. The van der Waals surface area contributed by atoms with Gasteiger partial charge in [0, 0.05) is 5.56 Å². The zero-order valence-corrected chi connectivity index (χ0v) is 7.31. The summed E-state index contributed by atoms with van der Waals surface area (Å²) in [6.07, 6.45) is 0.587. The van der Waals surface area contributed by atoms with Gasteiger partial charge in [-0.2, -0.15) is 8.78 Å². The minimum Gasteiger partial charge on any atom is -0.504 e. The lowest BCUT2D eigenvalue weighted by Gasteiger charge is -2.09. The van der Waals surface area contributed by atoms with E-state index in [1.165, 1.54) is 0 Å². The molecular weight excluding hydrogens is 210 g/mol. The number of carbonyl (C=O) groups is 2. The van der Waals surface area contributed by atoms with Gasteiger partial charge >= 0.3 is 6.61 Å². The molecule has 4 nitrogen and oxygen atoms in total. The normalized spacial score (nSPS) is 10.1. The Morgan fingerprint density at radius 2 is 1.93 bits per heavy atom. The van der Waals surface area contributed by atoms with Crippen LogP contribution in [-0.4, -0.2) is 24.3 Å². The number of phenols is 1. The van der Waals surface area contributed by atoms with Crippen molar-refractivity contribution in [3.8, 4) is 11.5 Å². The Kier molecular flexibility index (Phi) is 3.33. The average molecular weight is 216 g/mol. The summed E-state index contributed by atoms with van der Waals surface area (Å²) in [7, 11) is 0. The molecule has 1 N–H and O–H groups in total. The van der Waals surface area contributed by atoms with Crippen molar-refractivity contribution in [1.29, 1.82) is 0 Å². The van der Waals surface area contributed by atoms with Gasteiger partial charge in [-0.05, 0) is 12.1 Å². The van der Waals surface area contributed by atoms with Gasteiger partial charge < -0.3 is 9.84 Å². The van der Waals surface area contributed by atoms with Crippen LogP contribution in [0.15, 0.2) is 12.1 Å². The number of rotatable bonds is 4. The number of halogens is 2. The van der Waals surface area contributed by atoms with Gasteiger partial charge in [-0.1, -0.05) is 0 Å². The number of ether oxygens (including phenoxy) is 1. The van der Waals surface area contributed by atoms with Crippen LogP contribution >= 0.6 is 0 Å². The van der Waals surface area contributed by atoms with Crippen LogP contribution in [0.4, 0.5) is 8.78 Å². The molecular formula is C9H6F2O4. The standard InChI is InChI=1S/C9H6F2O4/c10-9(11)15-8-6(4-13)1-5(3-12)2-7(8)14/h1-4,9,14H. The molecule has 0 atom stereocenters. The van der Waals surface area contributed by atoms with Crippen LogP contribution in [0.3, 0.4) is 0 Å². The van der Waals surface area contributed by atoms with Crippen LogP contribution in [-0.2, 0) is 0 Å². The van der Waals surface area contributed by atoms with Crippen LogP contribution in [0.2, 0.25) is 0 Å². The fourth-order valence-corrected chi connectivity index (χ4v) is 1.03. The number of aldehydes is 2. The van der Waals surface area contributed by atoms with E-state index in [4.69, 9.17) is 0 Å². The Bertz CT molecular complexity index is 390. The van der Waals surface area contributed by atoms with Gasteiger partial charge in [-0.15, -0.1) is 0 Å². The van der Waals surface area contributed by atoms with E-state index in [1.54, 1.807) is 0 Å². The molecule has 0 spiro atoms. The molecule has 0 saturated heterocycles. The molecule has 1 aromatic carbocycles. The van der Waals surface area contributed by atoms with Crippen molar-refractivity contribution < 1.29 is 28.2 Å². The van der Waals surface area contributed by atoms with E-state index in [0.717, 1.165) is 12.1 Å². The summed E-state index contributed by atoms with van der Waals surface area (Å²) >= 11 is 0. The third kappa shape index (κ3) is 2.49. The maximum absolute atomic E-state index is 11.9. The van der Waals surface area contributed by atoms with E-state index < -0.39 is 18.1 Å².